The first-order valence-corrected chi connectivity index (χ1v) is 32.4. The molecule has 0 N–H and O–H groups in total. The maximum absolute atomic E-state index is 2.54. The highest BCUT2D eigenvalue weighted by Gasteiger charge is 2.48. The number of benzene rings is 15. The zero-order chi connectivity index (χ0) is 61.8. The first-order valence-electron chi connectivity index (χ1n) is 32.4. The molecule has 0 fully saturated rings. The van der Waals surface area contributed by atoms with Gasteiger partial charge < -0.3 is 14.4 Å². The fourth-order valence-corrected chi connectivity index (χ4v) is 16.5. The summed E-state index contributed by atoms with van der Waals surface area (Å²) < 4.78 is 2.54. The first-order chi connectivity index (χ1) is 46.0. The van der Waals surface area contributed by atoms with Gasteiger partial charge in [-0.1, -0.05) is 273 Å². The van der Waals surface area contributed by atoms with Gasteiger partial charge in [-0.15, -0.1) is 0 Å². The van der Waals surface area contributed by atoms with E-state index in [1.807, 2.05) is 0 Å². The van der Waals surface area contributed by atoms with Gasteiger partial charge in [-0.3, -0.25) is 0 Å². The molecule has 2 aliphatic rings. The van der Waals surface area contributed by atoms with Crippen LogP contribution in [0.2, 0.25) is 0 Å². The molecule has 16 aromatic rings. The van der Waals surface area contributed by atoms with Gasteiger partial charge in [0.15, 0.2) is 0 Å². The summed E-state index contributed by atoms with van der Waals surface area (Å²) in [6.45, 7) is 4.41. The maximum atomic E-state index is 2.54. The van der Waals surface area contributed by atoms with Crippen LogP contribution >= 0.6 is 0 Å². The Hall–Kier alpha value is -11.8. The molecule has 93 heavy (non-hydrogen) atoms. The van der Waals surface area contributed by atoms with E-state index >= 15 is 0 Å². The average Bonchev–Trinajstić information content (AvgIpc) is 1.58. The third kappa shape index (κ3) is 8.10. The van der Waals surface area contributed by atoms with Crippen LogP contribution < -0.4 is 9.80 Å². The fraction of sp³-hybridized carbons (Fsp3) is 0.0444. The van der Waals surface area contributed by atoms with Gasteiger partial charge in [0.2, 0.25) is 0 Å². The topological polar surface area (TPSA) is 11.4 Å². The van der Waals surface area contributed by atoms with Gasteiger partial charge >= 0.3 is 0 Å². The molecule has 15 aromatic carbocycles. The Balaban J connectivity index is 0.912. The van der Waals surface area contributed by atoms with Crippen molar-refractivity contribution in [2.24, 2.45) is 0 Å². The minimum atomic E-state index is -0.586. The number of para-hydroxylation sites is 1. The number of hydrogen-bond acceptors (Lipinski definition) is 2. The summed E-state index contributed by atoms with van der Waals surface area (Å²) in [5.41, 5.74) is 26.2. The van der Waals surface area contributed by atoms with E-state index in [1.54, 1.807) is 0 Å². The van der Waals surface area contributed by atoms with Crippen molar-refractivity contribution >= 4 is 77.5 Å². The van der Waals surface area contributed by atoms with Gasteiger partial charge in [0.05, 0.1) is 33.2 Å². The minimum absolute atomic E-state index is 0.586. The molecule has 1 aromatic heterocycles. The maximum Gasteiger partial charge on any atom is 0.0714 e. The lowest BCUT2D eigenvalue weighted by atomic mass is 9.67. The Morgan fingerprint density at radius 1 is 0.247 bits per heavy atom. The zero-order valence-corrected chi connectivity index (χ0v) is 51.8. The Morgan fingerprint density at radius 3 is 0.925 bits per heavy atom. The van der Waals surface area contributed by atoms with Crippen molar-refractivity contribution in [3.05, 3.63) is 401 Å². The number of fused-ring (bicyclic) bond motifs is 13. The lowest BCUT2D eigenvalue weighted by molar-refractivity contribution is 0.768. The molecule has 0 spiro atoms. The third-order valence-electron chi connectivity index (χ3n) is 20.1. The largest absolute Gasteiger partial charge is 0.310 e. The van der Waals surface area contributed by atoms with Crippen molar-refractivity contribution in [2.45, 2.75) is 24.7 Å². The highest BCUT2D eigenvalue weighted by molar-refractivity contribution is 6.32. The molecule has 0 bridgehead atoms. The standard InChI is InChI=1S/C90H63N3/c1-60-28-24-38-67(54-60)91(69-40-26-34-64(56-69)89(62-30-6-3-7-31-62)79-50-20-16-42-71(79)72-43-17-21-51-80(72)89)83-58-85-87(77-48-14-12-46-75(77)83)88-78-49-15-13-47-76(78)84(59-86(88)93(85)66-36-10-5-11-37-66)92(68-39-25-29-61(2)55-68)70-41-27-35-65(57-70)90(63-32-8-4-9-33-63)81-52-22-18-44-73(81)74-45-19-23-53-82(74)90/h3-59H,1-2H3. The molecule has 3 heteroatoms. The molecule has 438 valence electrons. The van der Waals surface area contributed by atoms with E-state index in [0.29, 0.717) is 0 Å². The molecule has 0 saturated heterocycles. The van der Waals surface area contributed by atoms with Crippen molar-refractivity contribution in [3.8, 4) is 27.9 Å². The van der Waals surface area contributed by atoms with Crippen molar-refractivity contribution in [3.63, 3.8) is 0 Å². The van der Waals surface area contributed by atoms with E-state index in [9.17, 15) is 0 Å². The third-order valence-corrected chi connectivity index (χ3v) is 20.1. The molecular formula is C90H63N3. The first kappa shape index (κ1) is 54.2. The van der Waals surface area contributed by atoms with Gasteiger partial charge in [0.1, 0.15) is 0 Å². The van der Waals surface area contributed by atoms with Crippen LogP contribution in [-0.2, 0) is 10.8 Å². The predicted octanol–water partition coefficient (Wildman–Crippen LogP) is 23.4. The highest BCUT2D eigenvalue weighted by Crippen LogP contribution is 2.59. The Kier molecular flexibility index (Phi) is 12.5. The molecule has 0 saturated carbocycles. The van der Waals surface area contributed by atoms with Crippen LogP contribution in [0.3, 0.4) is 0 Å². The average molecular weight is 1190 g/mol. The second-order valence-electron chi connectivity index (χ2n) is 25.2. The second-order valence-corrected chi connectivity index (χ2v) is 25.2. The summed E-state index contributed by atoms with van der Waals surface area (Å²) in [6, 6.07) is 130. The van der Waals surface area contributed by atoms with Crippen LogP contribution in [0, 0.1) is 13.8 Å². The van der Waals surface area contributed by atoms with Crippen LogP contribution in [0.25, 0.3) is 71.3 Å². The fourth-order valence-electron chi connectivity index (χ4n) is 16.5. The Bertz CT molecular complexity index is 5200. The molecule has 0 radical (unpaired) electrons. The molecule has 18 rings (SSSR count). The highest BCUT2D eigenvalue weighted by atomic mass is 15.2. The van der Waals surface area contributed by atoms with Crippen molar-refractivity contribution in [1.29, 1.82) is 0 Å². The number of hydrogen-bond donors (Lipinski definition) is 0. The predicted molar refractivity (Wildman–Crippen MR) is 389 cm³/mol. The number of aromatic nitrogens is 1. The van der Waals surface area contributed by atoms with E-state index < -0.39 is 10.8 Å². The summed E-state index contributed by atoms with van der Waals surface area (Å²) in [5, 5.41) is 7.11. The van der Waals surface area contributed by atoms with E-state index in [1.165, 1.54) is 99.4 Å². The summed E-state index contributed by atoms with van der Waals surface area (Å²) in [6.07, 6.45) is 0. The van der Waals surface area contributed by atoms with Crippen LogP contribution in [-0.4, -0.2) is 4.57 Å². The lowest BCUT2D eigenvalue weighted by Crippen LogP contribution is -2.28. The summed E-state index contributed by atoms with van der Waals surface area (Å²) in [5.74, 6) is 0. The molecule has 0 atom stereocenters. The van der Waals surface area contributed by atoms with Crippen LogP contribution in [0.4, 0.5) is 34.1 Å². The van der Waals surface area contributed by atoms with Crippen LogP contribution in [0.15, 0.2) is 346 Å². The van der Waals surface area contributed by atoms with E-state index in [2.05, 4.69) is 374 Å². The van der Waals surface area contributed by atoms with Gasteiger partial charge in [-0.25, -0.2) is 0 Å². The molecule has 0 unspecified atom stereocenters. The minimum Gasteiger partial charge on any atom is -0.310 e. The quantitative estimate of drug-likeness (QED) is 0.128. The Labute approximate surface area is 542 Å². The van der Waals surface area contributed by atoms with E-state index in [4.69, 9.17) is 0 Å². The summed E-state index contributed by atoms with van der Waals surface area (Å²) in [7, 11) is 0. The van der Waals surface area contributed by atoms with Crippen LogP contribution in [0.1, 0.15) is 55.6 Å². The lowest BCUT2D eigenvalue weighted by Gasteiger charge is -2.35. The number of rotatable bonds is 11. The number of aryl methyl sites for hydroxylation is 2. The summed E-state index contributed by atoms with van der Waals surface area (Å²) in [4.78, 5) is 5.05. The number of anilines is 6. The van der Waals surface area contributed by atoms with Crippen molar-refractivity contribution in [1.82, 2.24) is 4.57 Å². The molecule has 2 aliphatic carbocycles. The molecular weight excluding hydrogens is 1120 g/mol. The normalized spacial score (nSPS) is 13.2. The number of nitrogens with zero attached hydrogens (tertiary/aromatic N) is 3. The molecule has 3 nitrogen and oxygen atoms in total. The smallest absolute Gasteiger partial charge is 0.0714 e. The van der Waals surface area contributed by atoms with Crippen molar-refractivity contribution in [2.75, 3.05) is 9.80 Å². The van der Waals surface area contributed by atoms with Gasteiger partial charge in [0, 0.05) is 50.0 Å². The van der Waals surface area contributed by atoms with Gasteiger partial charge in [-0.05, 0) is 175 Å². The van der Waals surface area contributed by atoms with Crippen molar-refractivity contribution < 1.29 is 0 Å². The molecule has 0 amide bonds. The SMILES string of the molecule is Cc1cccc(N(c2cccc(C3(c4ccccc4)c4ccccc4-c4ccccc43)c2)c2cc3c(c4ccccc24)c2c4ccccc4c(N(c4cccc(C)c4)c4cccc(C5(c6ccccc6)c6ccccc6-c6ccccc65)c4)cc2n3-c2ccccc2)c1. The van der Waals surface area contributed by atoms with Gasteiger partial charge in [-0.2, -0.15) is 0 Å². The zero-order valence-electron chi connectivity index (χ0n) is 51.8. The molecule has 1 heterocycles. The second kappa shape index (κ2) is 21.4. The monoisotopic (exact) mass is 1190 g/mol. The van der Waals surface area contributed by atoms with Crippen LogP contribution in [0.5, 0.6) is 0 Å². The van der Waals surface area contributed by atoms with E-state index in [-0.39, 0.29) is 0 Å². The molecule has 0 aliphatic heterocycles. The Morgan fingerprint density at radius 2 is 0.548 bits per heavy atom. The van der Waals surface area contributed by atoms with Gasteiger partial charge in [0.25, 0.3) is 0 Å². The van der Waals surface area contributed by atoms with E-state index in [0.717, 1.165) is 61.6 Å². The summed E-state index contributed by atoms with van der Waals surface area (Å²) >= 11 is 0.